The summed E-state index contributed by atoms with van der Waals surface area (Å²) in [6.07, 6.45) is 2.73. The lowest BCUT2D eigenvalue weighted by Crippen LogP contribution is -2.29. The molecule has 0 atom stereocenters. The lowest BCUT2D eigenvalue weighted by molar-refractivity contribution is -0.0429. The summed E-state index contributed by atoms with van der Waals surface area (Å²) in [7, 11) is -1.62. The van der Waals surface area contributed by atoms with Crippen molar-refractivity contribution in [3.63, 3.8) is 0 Å². The molecule has 12 nitrogen and oxygen atoms in total. The van der Waals surface area contributed by atoms with E-state index < -0.39 is 27.1 Å². The zero-order valence-corrected chi connectivity index (χ0v) is 21.8. The first-order chi connectivity index (χ1) is 18.9. The molecule has 0 unspecified atom stereocenters. The zero-order chi connectivity index (χ0) is 29.2. The Labute approximate surface area is 225 Å². The summed E-state index contributed by atoms with van der Waals surface area (Å²) in [6.45, 7) is 0. The van der Waals surface area contributed by atoms with Gasteiger partial charge in [0.05, 0.1) is 49.3 Å². The third kappa shape index (κ3) is 5.61. The molecular formula is C24H21F3N6O6S. The third-order valence-electron chi connectivity index (χ3n) is 5.52. The first-order valence-electron chi connectivity index (χ1n) is 11.1. The number of nitrogens with one attached hydrogen (secondary N) is 2. The van der Waals surface area contributed by atoms with Crippen LogP contribution < -0.4 is 30.0 Å². The molecule has 2 aromatic heterocycles. The van der Waals surface area contributed by atoms with Crippen LogP contribution in [0.5, 0.6) is 17.6 Å². The number of aromatic nitrogens is 3. The number of pyridine rings is 1. The van der Waals surface area contributed by atoms with Crippen LogP contribution in [0, 0.1) is 0 Å². The van der Waals surface area contributed by atoms with Crippen molar-refractivity contribution in [1.82, 2.24) is 15.0 Å². The number of methoxy groups -OCH3 is 3. The van der Waals surface area contributed by atoms with Gasteiger partial charge in [0.15, 0.2) is 0 Å². The molecule has 16 heteroatoms. The summed E-state index contributed by atoms with van der Waals surface area (Å²) in [5, 5.41) is 3.34. The molecule has 2 aromatic carbocycles. The van der Waals surface area contributed by atoms with Gasteiger partial charge in [0.2, 0.25) is 5.88 Å². The van der Waals surface area contributed by atoms with Crippen LogP contribution in [-0.2, 0) is 10.0 Å². The van der Waals surface area contributed by atoms with Gasteiger partial charge in [-0.2, -0.15) is 26.6 Å². The number of anilines is 3. The summed E-state index contributed by atoms with van der Waals surface area (Å²) in [6, 6.07) is 8.63. The van der Waals surface area contributed by atoms with E-state index in [1.165, 1.54) is 44.5 Å². The number of carbonyl (C=O) groups excluding carboxylic acids is 1. The predicted molar refractivity (Wildman–Crippen MR) is 139 cm³/mol. The summed E-state index contributed by atoms with van der Waals surface area (Å²) < 4.78 is 79.0. The fraction of sp³-hybridized carbons (Fsp3) is 0.167. The number of nitrogens with zero attached hydrogens (tertiary/aromatic N) is 3. The van der Waals surface area contributed by atoms with Crippen LogP contribution in [0.3, 0.4) is 0 Å². The molecule has 4 rings (SSSR count). The monoisotopic (exact) mass is 578 g/mol. The normalized spacial score (nSPS) is 11.7. The number of sulfonamides is 1. The maximum Gasteiger partial charge on any atom is 0.516 e. The summed E-state index contributed by atoms with van der Waals surface area (Å²) in [5.74, 6) is -0.576. The molecule has 0 fully saturated rings. The lowest BCUT2D eigenvalue weighted by atomic mass is 10.0. The van der Waals surface area contributed by atoms with E-state index in [-0.39, 0.29) is 34.6 Å². The van der Waals surface area contributed by atoms with E-state index in [2.05, 4.69) is 20.3 Å². The van der Waals surface area contributed by atoms with Gasteiger partial charge in [-0.3, -0.25) is 14.5 Å². The second kappa shape index (κ2) is 10.7. The van der Waals surface area contributed by atoms with Gasteiger partial charge in [0.25, 0.3) is 5.91 Å². The Morgan fingerprint density at radius 1 is 0.950 bits per heavy atom. The number of carbonyl (C=O) groups is 1. The van der Waals surface area contributed by atoms with Crippen molar-refractivity contribution in [3.8, 4) is 28.8 Å². The van der Waals surface area contributed by atoms with Crippen LogP contribution in [-0.4, -0.2) is 56.1 Å². The lowest BCUT2D eigenvalue weighted by Gasteiger charge is -2.17. The fourth-order valence-electron chi connectivity index (χ4n) is 3.69. The van der Waals surface area contributed by atoms with Crippen LogP contribution in [0.1, 0.15) is 10.4 Å². The maximum atomic E-state index is 12.9. The Morgan fingerprint density at radius 3 is 2.30 bits per heavy atom. The highest BCUT2D eigenvalue weighted by Gasteiger charge is 2.46. The van der Waals surface area contributed by atoms with E-state index in [0.717, 1.165) is 12.1 Å². The zero-order valence-electron chi connectivity index (χ0n) is 21.0. The predicted octanol–water partition coefficient (Wildman–Crippen LogP) is 3.82. The molecule has 0 aliphatic carbocycles. The largest absolute Gasteiger partial charge is 0.516 e. The van der Waals surface area contributed by atoms with Crippen LogP contribution in [0.4, 0.5) is 30.2 Å². The van der Waals surface area contributed by atoms with Crippen molar-refractivity contribution in [2.75, 3.05) is 31.4 Å². The van der Waals surface area contributed by atoms with Gasteiger partial charge in [-0.25, -0.2) is 4.98 Å². The van der Waals surface area contributed by atoms with Gasteiger partial charge in [-0.15, -0.1) is 0 Å². The standard InChI is InChI=1S/C24H21F3N6O6S/c1-37-15-8-13(7-14(9-15)33-40(35,36)24(25,26)27)31-20-16-5-4-12(6-19(16)29-11-18(20)21(28)34)17-10-30-23(39-3)32-22(17)38-2/h4-11,33H,1-3H3,(H2,28,34)(H,29,31). The Hall–Kier alpha value is -4.86. The first-order valence-corrected chi connectivity index (χ1v) is 12.6. The Bertz CT molecular complexity index is 1720. The van der Waals surface area contributed by atoms with Crippen molar-refractivity contribution in [2.45, 2.75) is 5.51 Å². The number of primary amides is 1. The van der Waals surface area contributed by atoms with E-state index in [0.29, 0.717) is 22.0 Å². The molecule has 0 saturated carbocycles. The molecule has 0 spiro atoms. The number of nitrogens with two attached hydrogens (primary N) is 1. The number of halogens is 3. The minimum Gasteiger partial charge on any atom is -0.497 e. The summed E-state index contributed by atoms with van der Waals surface area (Å²) >= 11 is 0. The molecule has 0 aliphatic heterocycles. The van der Waals surface area contributed by atoms with Gasteiger partial charge in [0, 0.05) is 35.6 Å². The average molecular weight is 579 g/mol. The van der Waals surface area contributed by atoms with Crippen molar-refractivity contribution in [2.24, 2.45) is 5.73 Å². The number of fused-ring (bicyclic) bond motifs is 1. The van der Waals surface area contributed by atoms with Crippen LogP contribution in [0.15, 0.2) is 48.8 Å². The molecule has 4 N–H and O–H groups in total. The van der Waals surface area contributed by atoms with E-state index in [1.54, 1.807) is 18.2 Å². The highest BCUT2D eigenvalue weighted by Crippen LogP contribution is 2.36. The number of amides is 1. The van der Waals surface area contributed by atoms with Crippen molar-refractivity contribution in [3.05, 3.63) is 54.4 Å². The molecule has 0 bridgehead atoms. The molecule has 2 heterocycles. The minimum absolute atomic E-state index is 0.0257. The van der Waals surface area contributed by atoms with Gasteiger partial charge in [-0.05, 0) is 17.7 Å². The van der Waals surface area contributed by atoms with Crippen LogP contribution in [0.2, 0.25) is 0 Å². The molecule has 0 radical (unpaired) electrons. The Morgan fingerprint density at radius 2 is 1.68 bits per heavy atom. The molecular weight excluding hydrogens is 557 g/mol. The van der Waals surface area contributed by atoms with Gasteiger partial charge in [0.1, 0.15) is 5.75 Å². The second-order valence-electron chi connectivity index (χ2n) is 8.05. The van der Waals surface area contributed by atoms with Crippen molar-refractivity contribution >= 4 is 43.9 Å². The molecule has 0 saturated heterocycles. The third-order valence-corrected chi connectivity index (χ3v) is 6.64. The quantitative estimate of drug-likeness (QED) is 0.266. The van der Waals surface area contributed by atoms with E-state index >= 15 is 0 Å². The number of hydrogen-bond donors (Lipinski definition) is 3. The topological polar surface area (TPSA) is 168 Å². The highest BCUT2D eigenvalue weighted by molar-refractivity contribution is 7.93. The fourth-order valence-corrected chi connectivity index (χ4v) is 4.23. The number of benzene rings is 2. The van der Waals surface area contributed by atoms with E-state index in [4.69, 9.17) is 19.9 Å². The molecule has 1 amide bonds. The van der Waals surface area contributed by atoms with E-state index in [1.807, 2.05) is 0 Å². The number of rotatable bonds is 9. The Kier molecular flexibility index (Phi) is 7.55. The SMILES string of the molecule is COc1cc(Nc2c(C(N)=O)cnc3cc(-c4cnc(OC)nc4OC)ccc23)cc(NS(=O)(=O)C(F)(F)F)c1. The first kappa shape index (κ1) is 28.2. The molecule has 0 aliphatic rings. The maximum absolute atomic E-state index is 12.9. The smallest absolute Gasteiger partial charge is 0.497 e. The van der Waals surface area contributed by atoms with Gasteiger partial charge in [-0.1, -0.05) is 12.1 Å². The Balaban J connectivity index is 1.81. The summed E-state index contributed by atoms with van der Waals surface area (Å²) in [4.78, 5) is 24.8. The molecule has 4 aromatic rings. The molecule has 40 heavy (non-hydrogen) atoms. The number of ether oxygens (including phenoxy) is 3. The van der Waals surface area contributed by atoms with Crippen LogP contribution in [0.25, 0.3) is 22.0 Å². The van der Waals surface area contributed by atoms with Crippen molar-refractivity contribution < 1.29 is 40.6 Å². The average Bonchev–Trinajstić information content (AvgIpc) is 2.91. The van der Waals surface area contributed by atoms with Crippen molar-refractivity contribution in [1.29, 1.82) is 0 Å². The molecule has 210 valence electrons. The highest BCUT2D eigenvalue weighted by atomic mass is 32.2. The second-order valence-corrected chi connectivity index (χ2v) is 9.72. The van der Waals surface area contributed by atoms with Crippen LogP contribution >= 0.6 is 0 Å². The number of hydrogen-bond acceptors (Lipinski definition) is 10. The van der Waals surface area contributed by atoms with Gasteiger partial charge >= 0.3 is 21.5 Å². The minimum atomic E-state index is -5.71. The number of alkyl halides is 3. The summed E-state index contributed by atoms with van der Waals surface area (Å²) in [5.41, 5.74) is 1.32. The van der Waals surface area contributed by atoms with E-state index in [9.17, 15) is 26.4 Å². The van der Waals surface area contributed by atoms with Gasteiger partial charge < -0.3 is 25.3 Å².